The van der Waals surface area contributed by atoms with Gasteiger partial charge in [-0.3, -0.25) is 4.79 Å². The molecule has 0 unspecified atom stereocenters. The van der Waals surface area contributed by atoms with Crippen molar-refractivity contribution in [3.8, 4) is 0 Å². The molecular weight excluding hydrogens is 294 g/mol. The minimum atomic E-state index is -1.03. The number of carbonyl (C=O) groups is 2. The van der Waals surface area contributed by atoms with Gasteiger partial charge in [-0.1, -0.05) is 24.3 Å². The van der Waals surface area contributed by atoms with Crippen molar-refractivity contribution in [2.45, 2.75) is 19.0 Å². The predicted molar refractivity (Wildman–Crippen MR) is 75.2 cm³/mol. The molecule has 3 rings (SSSR count). The lowest BCUT2D eigenvalue weighted by molar-refractivity contribution is -0.142. The molecule has 0 saturated carbocycles. The Hall–Kier alpha value is -2.27. The number of carboxylic acids is 1. The smallest absolute Gasteiger partial charge is 0.326 e. The molecule has 2 heterocycles. The summed E-state index contributed by atoms with van der Waals surface area (Å²) in [7, 11) is 0. The Morgan fingerprint density at radius 1 is 1.19 bits per heavy atom. The summed E-state index contributed by atoms with van der Waals surface area (Å²) in [6.45, 7) is 0.240. The van der Waals surface area contributed by atoms with Gasteiger partial charge in [0.15, 0.2) is 11.0 Å². The highest BCUT2D eigenvalue weighted by molar-refractivity contribution is 6.29. The van der Waals surface area contributed by atoms with Crippen LogP contribution < -0.4 is 0 Å². The molecule has 6 heteroatoms. The zero-order chi connectivity index (χ0) is 15.0. The van der Waals surface area contributed by atoms with Gasteiger partial charge in [0.05, 0.1) is 0 Å². The number of halogens is 1. The molecule has 2 aromatic rings. The maximum Gasteiger partial charge on any atom is 0.326 e. The van der Waals surface area contributed by atoms with E-state index in [9.17, 15) is 14.7 Å². The molecule has 1 aliphatic heterocycles. The third kappa shape index (κ3) is 2.52. The van der Waals surface area contributed by atoms with E-state index in [0.29, 0.717) is 0 Å². The fourth-order valence-corrected chi connectivity index (χ4v) is 2.67. The molecule has 1 aliphatic rings. The molecule has 1 amide bonds. The van der Waals surface area contributed by atoms with Crippen LogP contribution in [0.15, 0.2) is 40.8 Å². The second kappa shape index (κ2) is 5.26. The fraction of sp³-hybridized carbons (Fsp3) is 0.200. The van der Waals surface area contributed by atoms with Gasteiger partial charge in [-0.05, 0) is 34.9 Å². The highest BCUT2D eigenvalue weighted by atomic mass is 35.5. The summed E-state index contributed by atoms with van der Waals surface area (Å²) in [5, 5.41) is 9.48. The van der Waals surface area contributed by atoms with Crippen molar-refractivity contribution in [1.29, 1.82) is 0 Å². The number of aliphatic carboxylic acids is 1. The van der Waals surface area contributed by atoms with Crippen molar-refractivity contribution in [2.75, 3.05) is 0 Å². The third-order valence-electron chi connectivity index (χ3n) is 3.58. The van der Waals surface area contributed by atoms with E-state index in [1.165, 1.54) is 17.0 Å². The predicted octanol–water partition coefficient (Wildman–Crippen LogP) is 2.58. The van der Waals surface area contributed by atoms with Crippen molar-refractivity contribution < 1.29 is 19.1 Å². The van der Waals surface area contributed by atoms with Crippen LogP contribution in [0.25, 0.3) is 0 Å². The zero-order valence-electron chi connectivity index (χ0n) is 11.0. The number of hydrogen-bond donors (Lipinski definition) is 1. The summed E-state index contributed by atoms with van der Waals surface area (Å²) in [5.74, 6) is -1.45. The lowest BCUT2D eigenvalue weighted by atomic mass is 9.94. The van der Waals surface area contributed by atoms with Crippen molar-refractivity contribution in [1.82, 2.24) is 4.90 Å². The monoisotopic (exact) mass is 305 g/mol. The van der Waals surface area contributed by atoms with Gasteiger partial charge in [0.1, 0.15) is 6.04 Å². The van der Waals surface area contributed by atoms with E-state index in [-0.39, 0.29) is 23.9 Å². The Bertz CT molecular complexity index is 709. The highest BCUT2D eigenvalue weighted by Crippen LogP contribution is 2.26. The molecule has 0 radical (unpaired) electrons. The first-order valence-corrected chi connectivity index (χ1v) is 6.80. The molecule has 0 fully saturated rings. The van der Waals surface area contributed by atoms with Crippen LogP contribution in [-0.4, -0.2) is 27.9 Å². The van der Waals surface area contributed by atoms with Crippen molar-refractivity contribution in [2.24, 2.45) is 0 Å². The number of benzene rings is 1. The summed E-state index contributed by atoms with van der Waals surface area (Å²) in [6, 6.07) is 9.51. The van der Waals surface area contributed by atoms with Crippen LogP contribution in [-0.2, 0) is 17.8 Å². The third-order valence-corrected chi connectivity index (χ3v) is 3.78. The number of fused-ring (bicyclic) bond motifs is 1. The van der Waals surface area contributed by atoms with Gasteiger partial charge >= 0.3 is 5.97 Å². The van der Waals surface area contributed by atoms with Gasteiger partial charge in [-0.25, -0.2) is 4.79 Å². The van der Waals surface area contributed by atoms with Crippen molar-refractivity contribution in [3.63, 3.8) is 0 Å². The van der Waals surface area contributed by atoms with E-state index in [1.807, 2.05) is 24.3 Å². The number of amides is 1. The SMILES string of the molecule is O=C(O)[C@@H]1Cc2ccccc2CN1C(=O)c1ccc(Cl)o1. The maximum atomic E-state index is 12.4. The molecule has 1 N–H and O–H groups in total. The highest BCUT2D eigenvalue weighted by Gasteiger charge is 2.35. The van der Waals surface area contributed by atoms with Crippen molar-refractivity contribution in [3.05, 3.63) is 58.5 Å². The number of rotatable bonds is 2. The van der Waals surface area contributed by atoms with E-state index in [1.54, 1.807) is 0 Å². The van der Waals surface area contributed by atoms with Gasteiger partial charge in [-0.15, -0.1) is 0 Å². The molecule has 1 aromatic heterocycles. The first kappa shape index (κ1) is 13.7. The van der Waals surface area contributed by atoms with Gasteiger partial charge < -0.3 is 14.4 Å². The lowest BCUT2D eigenvalue weighted by Crippen LogP contribution is -2.48. The van der Waals surface area contributed by atoms with E-state index >= 15 is 0 Å². The maximum absolute atomic E-state index is 12.4. The summed E-state index contributed by atoms with van der Waals surface area (Å²) in [5.41, 5.74) is 1.90. The minimum absolute atomic E-state index is 0.0469. The number of furan rings is 1. The van der Waals surface area contributed by atoms with Crippen LogP contribution in [0, 0.1) is 0 Å². The van der Waals surface area contributed by atoms with Gasteiger partial charge in [0.2, 0.25) is 0 Å². The molecule has 5 nitrogen and oxygen atoms in total. The first-order valence-electron chi connectivity index (χ1n) is 6.42. The van der Waals surface area contributed by atoms with Crippen LogP contribution in [0.4, 0.5) is 0 Å². The average molecular weight is 306 g/mol. The Morgan fingerprint density at radius 2 is 1.90 bits per heavy atom. The molecule has 0 aliphatic carbocycles. The lowest BCUT2D eigenvalue weighted by Gasteiger charge is -2.33. The fourth-order valence-electron chi connectivity index (χ4n) is 2.53. The number of carboxylic acid groups (broad SMARTS) is 1. The van der Waals surface area contributed by atoms with Crippen LogP contribution in [0.5, 0.6) is 0 Å². The van der Waals surface area contributed by atoms with Gasteiger partial charge in [0, 0.05) is 13.0 Å². The number of carbonyl (C=O) groups excluding carboxylic acids is 1. The Kier molecular flexibility index (Phi) is 3.43. The summed E-state index contributed by atoms with van der Waals surface area (Å²) >= 11 is 5.67. The molecule has 108 valence electrons. The zero-order valence-corrected chi connectivity index (χ0v) is 11.7. The van der Waals surface area contributed by atoms with Crippen LogP contribution in [0.1, 0.15) is 21.7 Å². The van der Waals surface area contributed by atoms with Crippen LogP contribution >= 0.6 is 11.6 Å². The van der Waals surface area contributed by atoms with Crippen molar-refractivity contribution >= 4 is 23.5 Å². The number of hydrogen-bond acceptors (Lipinski definition) is 3. The molecule has 0 spiro atoms. The molecule has 1 aromatic carbocycles. The standard InChI is InChI=1S/C15H12ClNO4/c16-13-6-5-12(21-13)14(18)17-8-10-4-2-1-3-9(10)7-11(17)15(19)20/h1-6,11H,7-8H2,(H,19,20)/t11-/m0/s1. The van der Waals surface area contributed by atoms with E-state index in [0.717, 1.165) is 11.1 Å². The second-order valence-electron chi connectivity index (χ2n) is 4.86. The van der Waals surface area contributed by atoms with Gasteiger partial charge in [0.25, 0.3) is 5.91 Å². The van der Waals surface area contributed by atoms with E-state index in [4.69, 9.17) is 16.0 Å². The van der Waals surface area contributed by atoms with Crippen LogP contribution in [0.3, 0.4) is 0 Å². The molecule has 1 atom stereocenters. The topological polar surface area (TPSA) is 70.8 Å². The van der Waals surface area contributed by atoms with E-state index < -0.39 is 17.9 Å². The number of nitrogens with zero attached hydrogens (tertiary/aromatic N) is 1. The van der Waals surface area contributed by atoms with E-state index in [2.05, 4.69) is 0 Å². The average Bonchev–Trinajstić information content (AvgIpc) is 2.91. The Morgan fingerprint density at radius 3 is 2.52 bits per heavy atom. The van der Waals surface area contributed by atoms with Gasteiger partial charge in [-0.2, -0.15) is 0 Å². The molecule has 0 bridgehead atoms. The first-order chi connectivity index (χ1) is 10.1. The van der Waals surface area contributed by atoms with Crippen LogP contribution in [0.2, 0.25) is 5.22 Å². The second-order valence-corrected chi connectivity index (χ2v) is 5.24. The minimum Gasteiger partial charge on any atom is -0.480 e. The Balaban J connectivity index is 1.96. The largest absolute Gasteiger partial charge is 0.480 e. The normalized spacial score (nSPS) is 17.4. The summed E-state index contributed by atoms with van der Waals surface area (Å²) in [4.78, 5) is 25.2. The summed E-state index contributed by atoms with van der Waals surface area (Å²) in [6.07, 6.45) is 0.283. The quantitative estimate of drug-likeness (QED) is 0.925. The molecule has 21 heavy (non-hydrogen) atoms. The molecular formula is C15H12ClNO4. The summed E-state index contributed by atoms with van der Waals surface area (Å²) < 4.78 is 5.10. The Labute approximate surface area is 125 Å². The molecule has 0 saturated heterocycles.